The first-order valence-electron chi connectivity index (χ1n) is 6.13. The Kier molecular flexibility index (Phi) is 5.14. The van der Waals surface area contributed by atoms with Crippen molar-refractivity contribution in [2.45, 2.75) is 27.7 Å². The summed E-state index contributed by atoms with van der Waals surface area (Å²) in [4.78, 5) is 0. The average Bonchev–Trinajstić information content (AvgIpc) is 2.88. The quantitative estimate of drug-likeness (QED) is 0.628. The Morgan fingerprint density at radius 3 is 1.59 bits per heavy atom. The molecule has 3 rings (SSSR count). The van der Waals surface area contributed by atoms with Crippen LogP contribution in [0.5, 0.6) is 0 Å². The molecular formula is C14H19N3. The van der Waals surface area contributed by atoms with Crippen molar-refractivity contribution in [3.63, 3.8) is 0 Å². The van der Waals surface area contributed by atoms with E-state index in [0.717, 1.165) is 11.0 Å². The van der Waals surface area contributed by atoms with Gasteiger partial charge in [-0.1, -0.05) is 52.0 Å². The number of benzene rings is 2. The second-order valence-electron chi connectivity index (χ2n) is 3.01. The molecule has 0 radical (unpaired) electrons. The molecule has 0 aliphatic carbocycles. The van der Waals surface area contributed by atoms with Crippen molar-refractivity contribution >= 4 is 21.8 Å². The van der Waals surface area contributed by atoms with Crippen LogP contribution >= 0.6 is 0 Å². The van der Waals surface area contributed by atoms with E-state index in [2.05, 4.69) is 27.5 Å². The molecule has 0 aliphatic heterocycles. The number of rotatable bonds is 0. The summed E-state index contributed by atoms with van der Waals surface area (Å²) in [5.41, 5.74) is 1.83. The normalized spacial score (nSPS) is 9.18. The van der Waals surface area contributed by atoms with Crippen LogP contribution in [0, 0.1) is 0 Å². The molecule has 0 aliphatic rings. The van der Waals surface area contributed by atoms with Crippen molar-refractivity contribution < 1.29 is 0 Å². The third-order valence-electron chi connectivity index (χ3n) is 2.18. The van der Waals surface area contributed by atoms with Crippen molar-refractivity contribution in [1.29, 1.82) is 0 Å². The lowest BCUT2D eigenvalue weighted by atomic mass is 10.1. The van der Waals surface area contributed by atoms with Crippen LogP contribution in [0.15, 0.2) is 36.4 Å². The largest absolute Gasteiger partial charge is 0.197 e. The van der Waals surface area contributed by atoms with E-state index < -0.39 is 0 Å². The van der Waals surface area contributed by atoms with E-state index in [1.807, 2.05) is 52.0 Å². The monoisotopic (exact) mass is 229 g/mol. The molecule has 1 N–H and O–H groups in total. The summed E-state index contributed by atoms with van der Waals surface area (Å²) in [6.45, 7) is 8.00. The standard InChI is InChI=1S/C10H7N3.2C2H6/c1-2-4-8-6-10-9(11-13-12-10)5-7(8)3-1;2*1-2/h1-6H,(H,11,12,13);2*1-2H3. The first-order chi connectivity index (χ1) is 8.43. The molecule has 90 valence electrons. The van der Waals surface area contributed by atoms with Gasteiger partial charge < -0.3 is 0 Å². The molecule has 1 aromatic heterocycles. The molecule has 0 saturated heterocycles. The Morgan fingerprint density at radius 1 is 0.765 bits per heavy atom. The summed E-state index contributed by atoms with van der Waals surface area (Å²) >= 11 is 0. The van der Waals surface area contributed by atoms with Crippen molar-refractivity contribution in [2.24, 2.45) is 0 Å². The Morgan fingerprint density at radius 2 is 1.18 bits per heavy atom. The lowest BCUT2D eigenvalue weighted by Gasteiger charge is -1.94. The van der Waals surface area contributed by atoms with Gasteiger partial charge in [0.25, 0.3) is 0 Å². The number of hydrogen-bond acceptors (Lipinski definition) is 2. The Balaban J connectivity index is 0.000000330. The predicted molar refractivity (Wildman–Crippen MR) is 74.1 cm³/mol. The van der Waals surface area contributed by atoms with E-state index in [9.17, 15) is 0 Å². The lowest BCUT2D eigenvalue weighted by Crippen LogP contribution is -1.73. The fraction of sp³-hybridized carbons (Fsp3) is 0.286. The van der Waals surface area contributed by atoms with Crippen LogP contribution in [0.4, 0.5) is 0 Å². The molecule has 0 saturated carbocycles. The summed E-state index contributed by atoms with van der Waals surface area (Å²) in [5, 5.41) is 13.1. The number of fused-ring (bicyclic) bond motifs is 2. The van der Waals surface area contributed by atoms with Crippen LogP contribution in [0.1, 0.15) is 27.7 Å². The smallest absolute Gasteiger partial charge is 0.113 e. The Labute approximate surface area is 102 Å². The van der Waals surface area contributed by atoms with E-state index in [1.165, 1.54) is 10.8 Å². The molecule has 17 heavy (non-hydrogen) atoms. The Bertz CT molecular complexity index is 520. The van der Waals surface area contributed by atoms with Gasteiger partial charge in [0.1, 0.15) is 11.0 Å². The molecule has 3 aromatic rings. The molecule has 3 heteroatoms. The van der Waals surface area contributed by atoms with Crippen molar-refractivity contribution in [3.05, 3.63) is 36.4 Å². The van der Waals surface area contributed by atoms with Crippen molar-refractivity contribution in [2.75, 3.05) is 0 Å². The maximum absolute atomic E-state index is 4.03. The van der Waals surface area contributed by atoms with Crippen LogP contribution in [-0.4, -0.2) is 15.4 Å². The fourth-order valence-electron chi connectivity index (χ4n) is 1.53. The molecule has 0 fully saturated rings. The van der Waals surface area contributed by atoms with Gasteiger partial charge in [-0.25, -0.2) is 0 Å². The SMILES string of the molecule is CC.CC.c1ccc2cc3n[nH]nc3cc2c1. The summed E-state index contributed by atoms with van der Waals surface area (Å²) in [6, 6.07) is 12.3. The lowest BCUT2D eigenvalue weighted by molar-refractivity contribution is 0.959. The van der Waals surface area contributed by atoms with Gasteiger partial charge >= 0.3 is 0 Å². The predicted octanol–water partition coefficient (Wildman–Crippen LogP) is 4.16. The molecule has 0 spiro atoms. The van der Waals surface area contributed by atoms with Crippen LogP contribution < -0.4 is 0 Å². The van der Waals surface area contributed by atoms with Gasteiger partial charge in [-0.05, 0) is 22.9 Å². The molecule has 0 unspecified atom stereocenters. The van der Waals surface area contributed by atoms with Gasteiger partial charge in [0.15, 0.2) is 0 Å². The maximum Gasteiger partial charge on any atom is 0.113 e. The second-order valence-corrected chi connectivity index (χ2v) is 3.01. The highest BCUT2D eigenvalue weighted by Crippen LogP contribution is 2.18. The highest BCUT2D eigenvalue weighted by atomic mass is 15.3. The van der Waals surface area contributed by atoms with Crippen LogP contribution in [0.2, 0.25) is 0 Å². The molecule has 3 nitrogen and oxygen atoms in total. The zero-order valence-electron chi connectivity index (χ0n) is 10.9. The summed E-state index contributed by atoms with van der Waals surface area (Å²) in [5.74, 6) is 0. The minimum absolute atomic E-state index is 0.915. The topological polar surface area (TPSA) is 41.6 Å². The highest BCUT2D eigenvalue weighted by molar-refractivity contribution is 5.94. The van der Waals surface area contributed by atoms with Gasteiger partial charge in [-0.2, -0.15) is 15.4 Å². The van der Waals surface area contributed by atoms with Crippen molar-refractivity contribution in [1.82, 2.24) is 15.4 Å². The number of nitrogens with zero attached hydrogens (tertiary/aromatic N) is 2. The van der Waals surface area contributed by atoms with E-state index in [4.69, 9.17) is 0 Å². The van der Waals surface area contributed by atoms with Gasteiger partial charge in [-0.3, -0.25) is 0 Å². The van der Waals surface area contributed by atoms with Crippen LogP contribution in [0.3, 0.4) is 0 Å². The summed E-state index contributed by atoms with van der Waals surface area (Å²) in [7, 11) is 0. The molecule has 2 aromatic carbocycles. The highest BCUT2D eigenvalue weighted by Gasteiger charge is 1.99. The van der Waals surface area contributed by atoms with E-state index in [0.29, 0.717) is 0 Å². The maximum atomic E-state index is 4.03. The minimum Gasteiger partial charge on any atom is -0.197 e. The van der Waals surface area contributed by atoms with Crippen molar-refractivity contribution in [3.8, 4) is 0 Å². The number of hydrogen-bond donors (Lipinski definition) is 1. The fourth-order valence-corrected chi connectivity index (χ4v) is 1.53. The number of nitrogens with one attached hydrogen (secondary N) is 1. The van der Waals surface area contributed by atoms with Crippen LogP contribution in [0.25, 0.3) is 21.8 Å². The second kappa shape index (κ2) is 6.63. The molecule has 0 amide bonds. The molecular weight excluding hydrogens is 210 g/mol. The van der Waals surface area contributed by atoms with E-state index in [1.54, 1.807) is 0 Å². The Hall–Kier alpha value is -1.90. The van der Waals surface area contributed by atoms with E-state index >= 15 is 0 Å². The zero-order chi connectivity index (χ0) is 12.7. The number of aromatic nitrogens is 3. The summed E-state index contributed by atoms with van der Waals surface area (Å²) < 4.78 is 0. The zero-order valence-corrected chi connectivity index (χ0v) is 10.9. The first-order valence-corrected chi connectivity index (χ1v) is 6.13. The van der Waals surface area contributed by atoms with Gasteiger partial charge in [-0.15, -0.1) is 0 Å². The molecule has 0 bridgehead atoms. The molecule has 1 heterocycles. The molecule has 0 atom stereocenters. The number of H-pyrrole nitrogens is 1. The first kappa shape index (κ1) is 13.2. The van der Waals surface area contributed by atoms with Gasteiger partial charge in [0, 0.05) is 0 Å². The van der Waals surface area contributed by atoms with E-state index in [-0.39, 0.29) is 0 Å². The third-order valence-corrected chi connectivity index (χ3v) is 2.18. The van der Waals surface area contributed by atoms with Gasteiger partial charge in [0.2, 0.25) is 0 Å². The van der Waals surface area contributed by atoms with Crippen LogP contribution in [-0.2, 0) is 0 Å². The summed E-state index contributed by atoms with van der Waals surface area (Å²) in [6.07, 6.45) is 0. The van der Waals surface area contributed by atoms with Gasteiger partial charge in [0.05, 0.1) is 0 Å². The average molecular weight is 229 g/mol. The number of aromatic amines is 1. The third kappa shape index (κ3) is 2.81. The minimum atomic E-state index is 0.915.